The number of halogens is 1. The molecule has 0 aliphatic carbocycles. The van der Waals surface area contributed by atoms with Crippen LogP contribution in [0.2, 0.25) is 0 Å². The van der Waals surface area contributed by atoms with Gasteiger partial charge in [-0.25, -0.2) is 12.8 Å². The lowest BCUT2D eigenvalue weighted by Crippen LogP contribution is -2.29. The lowest BCUT2D eigenvalue weighted by atomic mass is 10.3. The number of anilines is 1. The van der Waals surface area contributed by atoms with Crippen LogP contribution in [0.5, 0.6) is 0 Å². The average molecular weight is 246 g/mol. The van der Waals surface area contributed by atoms with Crippen molar-refractivity contribution >= 4 is 15.7 Å². The lowest BCUT2D eigenvalue weighted by Gasteiger charge is -2.19. The third-order valence-electron chi connectivity index (χ3n) is 2.21. The first-order valence-electron chi connectivity index (χ1n) is 4.89. The van der Waals surface area contributed by atoms with E-state index in [2.05, 4.69) is 0 Å². The van der Waals surface area contributed by atoms with Crippen LogP contribution in [-0.2, 0) is 10.0 Å². The molecule has 0 atom stereocenters. The zero-order valence-corrected chi connectivity index (χ0v) is 9.87. The Labute approximate surface area is 94.9 Å². The monoisotopic (exact) mass is 246 g/mol. The van der Waals surface area contributed by atoms with Crippen LogP contribution in [0, 0.1) is 5.82 Å². The van der Waals surface area contributed by atoms with Gasteiger partial charge in [0, 0.05) is 7.05 Å². The summed E-state index contributed by atoms with van der Waals surface area (Å²) in [6.07, 6.45) is 0.411. The predicted octanol–water partition coefficient (Wildman–Crippen LogP) is 0.941. The molecule has 1 aromatic rings. The number of hydrogen-bond donors (Lipinski definition) is 1. The Bertz CT molecular complexity index is 431. The highest BCUT2D eigenvalue weighted by molar-refractivity contribution is 7.92. The minimum Gasteiger partial charge on any atom is -0.330 e. The van der Waals surface area contributed by atoms with Gasteiger partial charge in [0.25, 0.3) is 0 Å². The summed E-state index contributed by atoms with van der Waals surface area (Å²) in [5.41, 5.74) is 5.70. The van der Waals surface area contributed by atoms with Gasteiger partial charge in [0.2, 0.25) is 10.0 Å². The summed E-state index contributed by atoms with van der Waals surface area (Å²) in [7, 11) is -1.91. The van der Waals surface area contributed by atoms with Gasteiger partial charge in [-0.1, -0.05) is 0 Å². The Hall–Kier alpha value is -1.14. The van der Waals surface area contributed by atoms with E-state index >= 15 is 0 Å². The van der Waals surface area contributed by atoms with Gasteiger partial charge in [-0.15, -0.1) is 0 Å². The maximum atomic E-state index is 12.7. The third kappa shape index (κ3) is 3.18. The molecule has 4 nitrogen and oxygen atoms in total. The van der Waals surface area contributed by atoms with Crippen LogP contribution in [0.15, 0.2) is 24.3 Å². The standard InChI is InChI=1S/C10H15FN2O2S/c1-13(16(14,15)8-2-7-12)10-5-3-9(11)4-6-10/h3-6H,2,7-8,12H2,1H3. The van der Waals surface area contributed by atoms with E-state index < -0.39 is 15.8 Å². The molecule has 6 heteroatoms. The highest BCUT2D eigenvalue weighted by Gasteiger charge is 2.17. The lowest BCUT2D eigenvalue weighted by molar-refractivity contribution is 0.591. The molecule has 0 saturated carbocycles. The molecule has 0 aliphatic heterocycles. The topological polar surface area (TPSA) is 63.4 Å². The first-order valence-corrected chi connectivity index (χ1v) is 6.50. The molecule has 16 heavy (non-hydrogen) atoms. The zero-order chi connectivity index (χ0) is 12.2. The Balaban J connectivity index is 2.84. The maximum Gasteiger partial charge on any atom is 0.234 e. The number of nitrogens with two attached hydrogens (primary N) is 1. The summed E-state index contributed by atoms with van der Waals surface area (Å²) in [5, 5.41) is 0. The first kappa shape index (κ1) is 12.9. The van der Waals surface area contributed by atoms with E-state index in [9.17, 15) is 12.8 Å². The molecule has 0 amide bonds. The molecule has 1 rings (SSSR count). The minimum atomic E-state index is -3.36. The van der Waals surface area contributed by atoms with Crippen LogP contribution in [0.1, 0.15) is 6.42 Å². The summed E-state index contributed by atoms with van der Waals surface area (Å²) < 4.78 is 37.3. The van der Waals surface area contributed by atoms with Crippen molar-refractivity contribution in [2.24, 2.45) is 5.73 Å². The van der Waals surface area contributed by atoms with Crippen molar-refractivity contribution in [2.75, 3.05) is 23.7 Å². The summed E-state index contributed by atoms with van der Waals surface area (Å²) in [5.74, 6) is -0.395. The van der Waals surface area contributed by atoms with Crippen molar-refractivity contribution in [3.05, 3.63) is 30.1 Å². The van der Waals surface area contributed by atoms with Crippen LogP contribution < -0.4 is 10.0 Å². The van der Waals surface area contributed by atoms with Crippen molar-refractivity contribution in [1.29, 1.82) is 0 Å². The van der Waals surface area contributed by atoms with E-state index in [1.54, 1.807) is 0 Å². The summed E-state index contributed by atoms with van der Waals surface area (Å²) in [6, 6.07) is 5.30. The van der Waals surface area contributed by atoms with Gasteiger partial charge in [-0.2, -0.15) is 0 Å². The molecule has 0 radical (unpaired) electrons. The molecule has 2 N–H and O–H groups in total. The van der Waals surface area contributed by atoms with Crippen molar-refractivity contribution in [3.63, 3.8) is 0 Å². The number of hydrogen-bond acceptors (Lipinski definition) is 3. The molecule has 0 aliphatic rings. The minimum absolute atomic E-state index is 0.00260. The van der Waals surface area contributed by atoms with E-state index in [1.165, 1.54) is 31.3 Å². The van der Waals surface area contributed by atoms with Gasteiger partial charge in [0.15, 0.2) is 0 Å². The number of nitrogens with zero attached hydrogens (tertiary/aromatic N) is 1. The van der Waals surface area contributed by atoms with E-state index in [1.807, 2.05) is 0 Å². The molecule has 0 spiro atoms. The predicted molar refractivity (Wildman–Crippen MR) is 62.3 cm³/mol. The molecule has 0 unspecified atom stereocenters. The molecule has 0 bridgehead atoms. The molecule has 90 valence electrons. The Kier molecular flexibility index (Phi) is 4.26. The van der Waals surface area contributed by atoms with Crippen molar-refractivity contribution in [2.45, 2.75) is 6.42 Å². The molecule has 0 aromatic heterocycles. The van der Waals surface area contributed by atoms with Gasteiger partial charge < -0.3 is 5.73 Å². The third-order valence-corrected chi connectivity index (χ3v) is 4.06. The summed E-state index contributed by atoms with van der Waals surface area (Å²) in [4.78, 5) is 0. The van der Waals surface area contributed by atoms with E-state index in [0.717, 1.165) is 4.31 Å². The van der Waals surface area contributed by atoms with Crippen LogP contribution >= 0.6 is 0 Å². The Morgan fingerprint density at radius 1 is 1.31 bits per heavy atom. The van der Waals surface area contributed by atoms with Gasteiger partial charge in [0.05, 0.1) is 11.4 Å². The smallest absolute Gasteiger partial charge is 0.234 e. The Morgan fingerprint density at radius 3 is 2.38 bits per heavy atom. The quantitative estimate of drug-likeness (QED) is 0.841. The van der Waals surface area contributed by atoms with Crippen LogP contribution in [0.3, 0.4) is 0 Å². The SMILES string of the molecule is CN(c1ccc(F)cc1)S(=O)(=O)CCCN. The second-order valence-electron chi connectivity index (χ2n) is 3.40. The highest BCUT2D eigenvalue weighted by atomic mass is 32.2. The largest absolute Gasteiger partial charge is 0.330 e. The van der Waals surface area contributed by atoms with Gasteiger partial charge in [-0.05, 0) is 37.2 Å². The first-order chi connectivity index (χ1) is 7.47. The van der Waals surface area contributed by atoms with E-state index in [-0.39, 0.29) is 5.75 Å². The fraction of sp³-hybridized carbons (Fsp3) is 0.400. The van der Waals surface area contributed by atoms with Crippen molar-refractivity contribution in [1.82, 2.24) is 0 Å². The maximum absolute atomic E-state index is 12.7. The second-order valence-corrected chi connectivity index (χ2v) is 5.52. The van der Waals surface area contributed by atoms with Gasteiger partial charge in [0.1, 0.15) is 5.82 Å². The molecule has 0 saturated heterocycles. The summed E-state index contributed by atoms with van der Waals surface area (Å²) >= 11 is 0. The molecular formula is C10H15FN2O2S. The summed E-state index contributed by atoms with van der Waals surface area (Å²) in [6.45, 7) is 0.330. The van der Waals surface area contributed by atoms with E-state index in [4.69, 9.17) is 5.73 Å². The number of rotatable bonds is 5. The molecule has 1 aromatic carbocycles. The normalized spacial score (nSPS) is 11.4. The van der Waals surface area contributed by atoms with Crippen LogP contribution in [0.25, 0.3) is 0 Å². The zero-order valence-electron chi connectivity index (χ0n) is 9.06. The molecule has 0 fully saturated rings. The number of sulfonamides is 1. The fourth-order valence-corrected chi connectivity index (χ4v) is 2.46. The molecular weight excluding hydrogens is 231 g/mol. The Morgan fingerprint density at radius 2 is 1.88 bits per heavy atom. The fourth-order valence-electron chi connectivity index (χ4n) is 1.21. The van der Waals surface area contributed by atoms with Crippen molar-refractivity contribution in [3.8, 4) is 0 Å². The van der Waals surface area contributed by atoms with Gasteiger partial charge >= 0.3 is 0 Å². The van der Waals surface area contributed by atoms with Crippen LogP contribution in [0.4, 0.5) is 10.1 Å². The van der Waals surface area contributed by atoms with Crippen LogP contribution in [-0.4, -0.2) is 27.8 Å². The average Bonchev–Trinajstić information content (AvgIpc) is 2.26. The highest BCUT2D eigenvalue weighted by Crippen LogP contribution is 2.16. The van der Waals surface area contributed by atoms with E-state index in [0.29, 0.717) is 18.7 Å². The second kappa shape index (κ2) is 5.27. The van der Waals surface area contributed by atoms with Crippen molar-refractivity contribution < 1.29 is 12.8 Å². The number of benzene rings is 1. The molecule has 0 heterocycles. The van der Waals surface area contributed by atoms with Gasteiger partial charge in [-0.3, -0.25) is 4.31 Å².